The van der Waals surface area contributed by atoms with Crippen molar-refractivity contribution < 1.29 is 0 Å². The van der Waals surface area contributed by atoms with E-state index >= 15 is 0 Å². The minimum atomic E-state index is -0.0332. The molecule has 4 aromatic rings. The number of hydrogen-bond acceptors (Lipinski definition) is 2. The minimum absolute atomic E-state index is 0.0332. The molecular formula is C19H15N3O. The van der Waals surface area contributed by atoms with Crippen LogP contribution in [0, 0.1) is 0 Å². The fourth-order valence-electron chi connectivity index (χ4n) is 2.78. The maximum atomic E-state index is 12.4. The third-order valence-electron chi connectivity index (χ3n) is 4.05. The van der Waals surface area contributed by atoms with Crippen LogP contribution in [0.4, 0.5) is 0 Å². The fourth-order valence-corrected chi connectivity index (χ4v) is 2.78. The zero-order chi connectivity index (χ0) is 15.8. The third-order valence-corrected chi connectivity index (χ3v) is 4.05. The standard InChI is InChI=1S/C19H15N3O/c1-22-18(21-17-9-5-3-7-15(17)19(22)23)11-10-13-12-20-16-8-4-2-6-14(13)16/h2-12,20H,1H3/b11-10+. The van der Waals surface area contributed by atoms with Crippen molar-refractivity contribution >= 4 is 34.0 Å². The molecule has 4 nitrogen and oxygen atoms in total. The van der Waals surface area contributed by atoms with Gasteiger partial charge < -0.3 is 4.98 Å². The summed E-state index contributed by atoms with van der Waals surface area (Å²) in [6.45, 7) is 0. The van der Waals surface area contributed by atoms with Crippen LogP contribution in [0.5, 0.6) is 0 Å². The molecule has 1 N–H and O–H groups in total. The van der Waals surface area contributed by atoms with Crippen LogP contribution in [-0.4, -0.2) is 14.5 Å². The SMILES string of the molecule is Cn1c(/C=C/c2c[nH]c3ccccc23)nc2ccccc2c1=O. The highest BCUT2D eigenvalue weighted by Gasteiger charge is 2.05. The van der Waals surface area contributed by atoms with Gasteiger partial charge in [-0.05, 0) is 35.9 Å². The molecule has 2 aromatic heterocycles. The average molecular weight is 301 g/mol. The van der Waals surface area contributed by atoms with Gasteiger partial charge in [-0.15, -0.1) is 0 Å². The summed E-state index contributed by atoms with van der Waals surface area (Å²) in [6.07, 6.45) is 5.82. The number of nitrogens with zero attached hydrogens (tertiary/aromatic N) is 2. The predicted octanol–water partition coefficient (Wildman–Crippen LogP) is 3.59. The number of H-pyrrole nitrogens is 1. The predicted molar refractivity (Wildman–Crippen MR) is 94.2 cm³/mol. The Morgan fingerprint density at radius 3 is 2.61 bits per heavy atom. The van der Waals surface area contributed by atoms with Crippen molar-refractivity contribution in [2.24, 2.45) is 7.05 Å². The van der Waals surface area contributed by atoms with Crippen LogP contribution in [0.3, 0.4) is 0 Å². The van der Waals surface area contributed by atoms with Gasteiger partial charge in [0, 0.05) is 24.1 Å². The highest BCUT2D eigenvalue weighted by Crippen LogP contribution is 2.19. The Bertz CT molecular complexity index is 1100. The number of aromatic amines is 1. The van der Waals surface area contributed by atoms with Gasteiger partial charge in [0.1, 0.15) is 5.82 Å². The third kappa shape index (κ3) is 2.25. The molecule has 0 radical (unpaired) electrons. The van der Waals surface area contributed by atoms with E-state index in [2.05, 4.69) is 16.0 Å². The average Bonchev–Trinajstić information content (AvgIpc) is 3.00. The maximum Gasteiger partial charge on any atom is 0.261 e. The molecule has 0 unspecified atom stereocenters. The van der Waals surface area contributed by atoms with Gasteiger partial charge in [-0.2, -0.15) is 0 Å². The van der Waals surface area contributed by atoms with Crippen molar-refractivity contribution in [3.8, 4) is 0 Å². The molecule has 112 valence electrons. The largest absolute Gasteiger partial charge is 0.361 e. The normalized spacial score (nSPS) is 11.7. The van der Waals surface area contributed by atoms with E-state index in [0.717, 1.165) is 16.5 Å². The van der Waals surface area contributed by atoms with Crippen molar-refractivity contribution in [3.05, 3.63) is 76.5 Å². The Hall–Kier alpha value is -3.14. The van der Waals surface area contributed by atoms with Crippen molar-refractivity contribution in [2.45, 2.75) is 0 Å². The van der Waals surface area contributed by atoms with Crippen LogP contribution >= 0.6 is 0 Å². The summed E-state index contributed by atoms with van der Waals surface area (Å²) in [5, 5.41) is 1.79. The molecule has 23 heavy (non-hydrogen) atoms. The second-order valence-electron chi connectivity index (χ2n) is 5.47. The quantitative estimate of drug-likeness (QED) is 0.615. The maximum absolute atomic E-state index is 12.4. The van der Waals surface area contributed by atoms with E-state index in [9.17, 15) is 4.79 Å². The Labute approximate surface area is 132 Å². The lowest BCUT2D eigenvalue weighted by Gasteiger charge is -2.05. The number of nitrogens with one attached hydrogen (secondary N) is 1. The van der Waals surface area contributed by atoms with Crippen molar-refractivity contribution in [3.63, 3.8) is 0 Å². The molecule has 0 saturated carbocycles. The van der Waals surface area contributed by atoms with Crippen LogP contribution in [0.2, 0.25) is 0 Å². The smallest absolute Gasteiger partial charge is 0.261 e. The molecule has 0 aliphatic heterocycles. The molecule has 0 amide bonds. The van der Waals surface area contributed by atoms with E-state index in [4.69, 9.17) is 0 Å². The van der Waals surface area contributed by atoms with Gasteiger partial charge in [0.2, 0.25) is 0 Å². The van der Waals surface area contributed by atoms with Gasteiger partial charge in [0.05, 0.1) is 10.9 Å². The zero-order valence-electron chi connectivity index (χ0n) is 12.7. The topological polar surface area (TPSA) is 50.7 Å². The van der Waals surface area contributed by atoms with E-state index in [0.29, 0.717) is 16.7 Å². The van der Waals surface area contributed by atoms with Gasteiger partial charge in [-0.3, -0.25) is 9.36 Å². The van der Waals surface area contributed by atoms with Crippen molar-refractivity contribution in [1.82, 2.24) is 14.5 Å². The van der Waals surface area contributed by atoms with Gasteiger partial charge in [-0.1, -0.05) is 30.3 Å². The molecule has 0 aliphatic carbocycles. The van der Waals surface area contributed by atoms with Crippen LogP contribution in [0.15, 0.2) is 59.5 Å². The van der Waals surface area contributed by atoms with Crippen LogP contribution < -0.4 is 5.56 Å². The van der Waals surface area contributed by atoms with E-state index in [-0.39, 0.29) is 5.56 Å². The molecule has 0 bridgehead atoms. The first-order valence-electron chi connectivity index (χ1n) is 7.44. The van der Waals surface area contributed by atoms with Gasteiger partial charge in [-0.25, -0.2) is 4.98 Å². The molecular weight excluding hydrogens is 286 g/mol. The summed E-state index contributed by atoms with van der Waals surface area (Å²) < 4.78 is 1.58. The number of hydrogen-bond donors (Lipinski definition) is 1. The van der Waals surface area contributed by atoms with Crippen LogP contribution in [-0.2, 0) is 7.05 Å². The lowest BCUT2D eigenvalue weighted by Crippen LogP contribution is -2.20. The lowest BCUT2D eigenvalue weighted by molar-refractivity contribution is 0.828. The van der Waals surface area contributed by atoms with E-state index in [1.807, 2.05) is 54.7 Å². The Morgan fingerprint density at radius 1 is 1.00 bits per heavy atom. The first-order chi connectivity index (χ1) is 11.2. The van der Waals surface area contributed by atoms with Gasteiger partial charge >= 0.3 is 0 Å². The second kappa shape index (κ2) is 5.25. The zero-order valence-corrected chi connectivity index (χ0v) is 12.7. The molecule has 0 spiro atoms. The second-order valence-corrected chi connectivity index (χ2v) is 5.47. The monoisotopic (exact) mass is 301 g/mol. The molecule has 4 heteroatoms. The van der Waals surface area contributed by atoms with Crippen molar-refractivity contribution in [2.75, 3.05) is 0 Å². The Balaban J connectivity index is 1.84. The number of aromatic nitrogens is 3. The minimum Gasteiger partial charge on any atom is -0.361 e. The highest BCUT2D eigenvalue weighted by atomic mass is 16.1. The summed E-state index contributed by atoms with van der Waals surface area (Å²) in [7, 11) is 1.75. The number of fused-ring (bicyclic) bond motifs is 2. The van der Waals surface area contributed by atoms with E-state index in [1.165, 1.54) is 0 Å². The summed E-state index contributed by atoms with van der Waals surface area (Å²) in [5.74, 6) is 0.638. The van der Waals surface area contributed by atoms with E-state index < -0.39 is 0 Å². The highest BCUT2D eigenvalue weighted by molar-refractivity contribution is 5.91. The van der Waals surface area contributed by atoms with E-state index in [1.54, 1.807) is 17.7 Å². The number of para-hydroxylation sites is 2. The molecule has 2 aromatic carbocycles. The van der Waals surface area contributed by atoms with Crippen LogP contribution in [0.25, 0.3) is 34.0 Å². The number of rotatable bonds is 2. The molecule has 4 rings (SSSR count). The first kappa shape index (κ1) is 13.5. The molecule has 0 fully saturated rings. The fraction of sp³-hybridized carbons (Fsp3) is 0.0526. The summed E-state index contributed by atoms with van der Waals surface area (Å²) in [4.78, 5) is 20.2. The van der Waals surface area contributed by atoms with Gasteiger partial charge in [0.15, 0.2) is 0 Å². The number of benzene rings is 2. The van der Waals surface area contributed by atoms with Gasteiger partial charge in [0.25, 0.3) is 5.56 Å². The summed E-state index contributed by atoms with van der Waals surface area (Å²) in [6, 6.07) is 15.5. The van der Waals surface area contributed by atoms with Crippen LogP contribution in [0.1, 0.15) is 11.4 Å². The molecule has 0 aliphatic rings. The summed E-state index contributed by atoms with van der Waals surface area (Å²) >= 11 is 0. The molecule has 0 atom stereocenters. The Kier molecular flexibility index (Phi) is 3.08. The molecule has 2 heterocycles. The van der Waals surface area contributed by atoms with Crippen molar-refractivity contribution in [1.29, 1.82) is 0 Å². The summed E-state index contributed by atoms with van der Waals surface area (Å²) in [5.41, 5.74) is 2.85. The Morgan fingerprint density at radius 2 is 1.74 bits per heavy atom. The molecule has 0 saturated heterocycles. The first-order valence-corrected chi connectivity index (χ1v) is 7.44. The lowest BCUT2D eigenvalue weighted by atomic mass is 10.1.